The molecule has 420 valence electrons. The number of phosphoric ester groups is 1. The molecule has 0 aromatic heterocycles. The molecule has 0 amide bonds. The molecule has 9 nitrogen and oxygen atoms in total. The van der Waals surface area contributed by atoms with Crippen LogP contribution in [0.4, 0.5) is 0 Å². The number of phosphoric acid groups is 1. The average molecular weight is 1050 g/mol. The summed E-state index contributed by atoms with van der Waals surface area (Å²) in [7, 11) is 1.13. The molecule has 0 aromatic rings. The fourth-order valence-electron chi connectivity index (χ4n) is 7.27. The number of ether oxygens (including phenoxy) is 2. The highest BCUT2D eigenvalue weighted by Gasteiger charge is 2.21. The first kappa shape index (κ1) is 70.1. The van der Waals surface area contributed by atoms with Crippen molar-refractivity contribution in [2.24, 2.45) is 0 Å². The van der Waals surface area contributed by atoms with Crippen LogP contribution in [0.5, 0.6) is 0 Å². The van der Waals surface area contributed by atoms with E-state index in [1.54, 1.807) is 0 Å². The Balaban J connectivity index is 4.21. The Morgan fingerprint density at radius 1 is 0.419 bits per heavy atom. The third-order valence-corrected chi connectivity index (χ3v) is 12.6. The molecule has 0 fully saturated rings. The van der Waals surface area contributed by atoms with Crippen LogP contribution in [0.3, 0.4) is 0 Å². The molecule has 0 saturated carbocycles. The highest BCUT2D eigenvalue weighted by atomic mass is 31.2. The molecule has 0 spiro atoms. The van der Waals surface area contributed by atoms with Crippen LogP contribution < -0.4 is 4.89 Å². The number of hydrogen-bond acceptors (Lipinski definition) is 8. The molecule has 0 aliphatic rings. The molecule has 0 radical (unpaired) electrons. The summed E-state index contributed by atoms with van der Waals surface area (Å²) in [5.74, 6) is -0.864. The van der Waals surface area contributed by atoms with Gasteiger partial charge in [-0.15, -0.1) is 0 Å². The second kappa shape index (κ2) is 54.0. The van der Waals surface area contributed by atoms with Crippen LogP contribution >= 0.6 is 7.82 Å². The summed E-state index contributed by atoms with van der Waals surface area (Å²) in [6, 6.07) is 0. The Labute approximate surface area is 453 Å². The summed E-state index contributed by atoms with van der Waals surface area (Å²) in [6.07, 6.45) is 77.8. The first-order valence-electron chi connectivity index (χ1n) is 28.9. The van der Waals surface area contributed by atoms with E-state index in [1.807, 2.05) is 21.1 Å². The Hall–Kier alpha value is -3.85. The maximum absolute atomic E-state index is 12.8. The van der Waals surface area contributed by atoms with Gasteiger partial charge in [-0.2, -0.15) is 0 Å². The van der Waals surface area contributed by atoms with Crippen molar-refractivity contribution in [3.8, 4) is 0 Å². The van der Waals surface area contributed by atoms with E-state index in [0.717, 1.165) is 122 Å². The lowest BCUT2D eigenvalue weighted by Gasteiger charge is -2.28. The van der Waals surface area contributed by atoms with E-state index in [9.17, 15) is 19.0 Å². The molecule has 2 atom stereocenters. The van der Waals surface area contributed by atoms with E-state index in [0.29, 0.717) is 23.9 Å². The van der Waals surface area contributed by atoms with E-state index >= 15 is 0 Å². The third kappa shape index (κ3) is 57.4. The maximum Gasteiger partial charge on any atom is 0.306 e. The molecular weight excluding hydrogens is 942 g/mol. The quantitative estimate of drug-likeness (QED) is 0.0195. The Bertz CT molecular complexity index is 1710. The van der Waals surface area contributed by atoms with E-state index in [4.69, 9.17) is 18.5 Å². The summed E-state index contributed by atoms with van der Waals surface area (Å²) >= 11 is 0. The standard InChI is InChI=1S/C64H106NO8P/c1-6-8-10-12-14-16-18-20-22-24-25-26-27-28-29-30-31-32-33-34-35-36-37-38-39-41-43-45-47-49-51-53-55-57-64(67)73-62(61-72-74(68,69)71-59-58-65(3,4)5)60-70-63(66)56-54-52-50-48-46-44-42-40-23-21-19-17-15-13-11-9-7-2/h8-11,14-17,20-23,25-26,28-29,31-32,34-35,37-38,62H,6-7,12-13,18-19,24,27,30,33,36,39-61H2,1-5H3/b10-8-,11-9-,16-14-,17-15-,22-20-,23-21-,26-25-,29-28-,32-31-,35-34-,38-37-. The zero-order chi connectivity index (χ0) is 54.2. The SMILES string of the molecule is CC/C=C\C/C=C\C/C=C\C/C=C\C/C=C\C/C=C\C/C=C\C/C=C\CCCCCCCCCCC(=O)OC(COC(=O)CCCCCCCCC/C=C\C/C=C\C/C=C\CC)COP(=O)([O-])OCC[N+](C)(C)C. The van der Waals surface area contributed by atoms with Crippen molar-refractivity contribution in [2.45, 2.75) is 213 Å². The molecule has 0 aromatic carbocycles. The van der Waals surface area contributed by atoms with Gasteiger partial charge in [0.05, 0.1) is 27.7 Å². The number of nitrogens with zero attached hydrogens (tertiary/aromatic N) is 1. The highest BCUT2D eigenvalue weighted by molar-refractivity contribution is 7.45. The lowest BCUT2D eigenvalue weighted by molar-refractivity contribution is -0.870. The zero-order valence-corrected chi connectivity index (χ0v) is 48.4. The lowest BCUT2D eigenvalue weighted by atomic mass is 10.1. The van der Waals surface area contributed by atoms with Gasteiger partial charge in [-0.05, 0) is 109 Å². The summed E-state index contributed by atoms with van der Waals surface area (Å²) in [6.45, 7) is 3.97. The number of hydrogen-bond donors (Lipinski definition) is 0. The van der Waals surface area contributed by atoms with E-state index in [1.165, 1.54) is 44.9 Å². The predicted octanol–water partition coefficient (Wildman–Crippen LogP) is 17.5. The van der Waals surface area contributed by atoms with E-state index < -0.39 is 32.5 Å². The largest absolute Gasteiger partial charge is 0.756 e. The average Bonchev–Trinajstić information content (AvgIpc) is 3.36. The van der Waals surface area contributed by atoms with Crippen LogP contribution in [0, 0.1) is 0 Å². The number of carbonyl (C=O) groups is 2. The Morgan fingerprint density at radius 3 is 1.08 bits per heavy atom. The first-order chi connectivity index (χ1) is 36.0. The van der Waals surface area contributed by atoms with Crippen LogP contribution in [0.15, 0.2) is 134 Å². The van der Waals surface area contributed by atoms with Gasteiger partial charge in [0.25, 0.3) is 7.82 Å². The summed E-state index contributed by atoms with van der Waals surface area (Å²) in [5, 5.41) is 0. The van der Waals surface area contributed by atoms with Gasteiger partial charge in [-0.25, -0.2) is 0 Å². The first-order valence-corrected chi connectivity index (χ1v) is 30.4. The fraction of sp³-hybridized carbons (Fsp3) is 0.625. The van der Waals surface area contributed by atoms with Crippen LogP contribution in [-0.2, 0) is 32.7 Å². The smallest absolute Gasteiger partial charge is 0.306 e. The van der Waals surface area contributed by atoms with Gasteiger partial charge in [0.1, 0.15) is 19.8 Å². The highest BCUT2D eigenvalue weighted by Crippen LogP contribution is 2.38. The second-order valence-electron chi connectivity index (χ2n) is 19.9. The second-order valence-corrected chi connectivity index (χ2v) is 21.3. The van der Waals surface area contributed by atoms with Gasteiger partial charge in [-0.1, -0.05) is 218 Å². The zero-order valence-electron chi connectivity index (χ0n) is 47.5. The van der Waals surface area contributed by atoms with E-state index in [2.05, 4.69) is 148 Å². The number of esters is 2. The minimum atomic E-state index is -4.65. The van der Waals surface area contributed by atoms with Gasteiger partial charge < -0.3 is 27.9 Å². The van der Waals surface area contributed by atoms with Crippen molar-refractivity contribution in [3.63, 3.8) is 0 Å². The predicted molar refractivity (Wildman–Crippen MR) is 314 cm³/mol. The maximum atomic E-state index is 12.8. The minimum Gasteiger partial charge on any atom is -0.756 e. The monoisotopic (exact) mass is 1050 g/mol. The molecule has 74 heavy (non-hydrogen) atoms. The Morgan fingerprint density at radius 2 is 0.730 bits per heavy atom. The molecule has 0 heterocycles. The normalized spacial score (nSPS) is 14.3. The fourth-order valence-corrected chi connectivity index (χ4v) is 8.00. The molecule has 0 aliphatic carbocycles. The lowest BCUT2D eigenvalue weighted by Crippen LogP contribution is -2.37. The molecule has 0 N–H and O–H groups in total. The van der Waals surface area contributed by atoms with Crippen molar-refractivity contribution in [2.75, 3.05) is 47.5 Å². The van der Waals surface area contributed by atoms with Crippen molar-refractivity contribution >= 4 is 19.8 Å². The van der Waals surface area contributed by atoms with Crippen LogP contribution in [0.2, 0.25) is 0 Å². The van der Waals surface area contributed by atoms with Gasteiger partial charge in [0, 0.05) is 12.8 Å². The van der Waals surface area contributed by atoms with Crippen molar-refractivity contribution in [1.29, 1.82) is 0 Å². The number of unbranched alkanes of at least 4 members (excludes halogenated alkanes) is 15. The molecule has 0 rings (SSSR count). The minimum absolute atomic E-state index is 0.0417. The molecule has 2 unspecified atom stereocenters. The number of allylic oxidation sites excluding steroid dienone is 22. The topological polar surface area (TPSA) is 111 Å². The summed E-state index contributed by atoms with van der Waals surface area (Å²) < 4.78 is 34.1. The van der Waals surface area contributed by atoms with Crippen molar-refractivity contribution in [3.05, 3.63) is 134 Å². The van der Waals surface area contributed by atoms with Crippen molar-refractivity contribution < 1.29 is 42.1 Å². The third-order valence-electron chi connectivity index (χ3n) is 11.7. The van der Waals surface area contributed by atoms with Gasteiger partial charge in [-0.3, -0.25) is 14.2 Å². The number of rotatable bonds is 51. The summed E-state index contributed by atoms with van der Waals surface area (Å²) in [4.78, 5) is 37.8. The van der Waals surface area contributed by atoms with Crippen LogP contribution in [-0.4, -0.2) is 70.0 Å². The molecule has 0 saturated heterocycles. The van der Waals surface area contributed by atoms with Crippen LogP contribution in [0.25, 0.3) is 0 Å². The van der Waals surface area contributed by atoms with Crippen LogP contribution in [0.1, 0.15) is 206 Å². The molecular formula is C64H106NO8P. The van der Waals surface area contributed by atoms with Gasteiger partial charge in [0.15, 0.2) is 6.10 Å². The molecule has 0 bridgehead atoms. The number of quaternary nitrogens is 1. The van der Waals surface area contributed by atoms with E-state index in [-0.39, 0.29) is 26.1 Å². The molecule has 10 heteroatoms. The van der Waals surface area contributed by atoms with Gasteiger partial charge >= 0.3 is 11.9 Å². The summed E-state index contributed by atoms with van der Waals surface area (Å²) in [5.41, 5.74) is 0. The van der Waals surface area contributed by atoms with Crippen molar-refractivity contribution in [1.82, 2.24) is 0 Å². The Kier molecular flexibility index (Phi) is 51.2. The molecule has 0 aliphatic heterocycles. The van der Waals surface area contributed by atoms with Gasteiger partial charge in [0.2, 0.25) is 0 Å². The number of likely N-dealkylation sites (N-methyl/N-ethyl adjacent to an activating group) is 1. The number of carbonyl (C=O) groups excluding carboxylic acids is 2.